The van der Waals surface area contributed by atoms with E-state index in [9.17, 15) is 0 Å². The van der Waals surface area contributed by atoms with Gasteiger partial charge in [0.05, 0.1) is 0 Å². The Labute approximate surface area is 104 Å². The second kappa shape index (κ2) is 4.34. The Morgan fingerprint density at radius 2 is 2.29 bits per heavy atom. The zero-order chi connectivity index (χ0) is 11.8. The lowest BCUT2D eigenvalue weighted by molar-refractivity contribution is 0.607. The largest absolute Gasteiger partial charge is 0.330 e. The normalized spacial score (nSPS) is 17.8. The predicted octanol–water partition coefficient (Wildman–Crippen LogP) is 1.91. The SMILES string of the molecule is CCCC(CN)c1nn2c(C3CC3)nnc2s1. The summed E-state index contributed by atoms with van der Waals surface area (Å²) in [6.07, 6.45) is 4.68. The predicted molar refractivity (Wildman–Crippen MR) is 67.3 cm³/mol. The molecule has 6 heteroatoms. The van der Waals surface area contributed by atoms with Gasteiger partial charge >= 0.3 is 0 Å². The van der Waals surface area contributed by atoms with Gasteiger partial charge in [0, 0.05) is 18.4 Å². The summed E-state index contributed by atoms with van der Waals surface area (Å²) in [4.78, 5) is 0.913. The molecule has 1 aliphatic rings. The second-order valence-corrected chi connectivity index (χ2v) is 5.68. The van der Waals surface area contributed by atoms with Crippen molar-refractivity contribution in [3.8, 4) is 0 Å². The third-order valence-electron chi connectivity index (χ3n) is 3.24. The first-order valence-electron chi connectivity index (χ1n) is 6.25. The minimum absolute atomic E-state index is 0.374. The number of nitrogens with two attached hydrogens (primary N) is 1. The molecule has 1 unspecified atom stereocenters. The molecule has 17 heavy (non-hydrogen) atoms. The molecule has 0 bridgehead atoms. The number of hydrogen-bond acceptors (Lipinski definition) is 5. The lowest BCUT2D eigenvalue weighted by Gasteiger charge is -2.08. The van der Waals surface area contributed by atoms with Gasteiger partial charge in [-0.25, -0.2) is 0 Å². The highest BCUT2D eigenvalue weighted by atomic mass is 32.1. The van der Waals surface area contributed by atoms with Crippen LogP contribution in [0.2, 0.25) is 0 Å². The molecule has 92 valence electrons. The fourth-order valence-electron chi connectivity index (χ4n) is 2.10. The molecule has 2 N–H and O–H groups in total. The molecule has 2 aromatic rings. The molecule has 0 saturated heterocycles. The van der Waals surface area contributed by atoms with E-state index in [-0.39, 0.29) is 0 Å². The smallest absolute Gasteiger partial charge is 0.234 e. The standard InChI is InChI=1S/C11H17N5S/c1-2-3-8(6-12)10-15-16-9(7-4-5-7)13-14-11(16)17-10/h7-8H,2-6,12H2,1H3. The summed E-state index contributed by atoms with van der Waals surface area (Å²) in [6, 6.07) is 0. The molecule has 1 aliphatic carbocycles. The van der Waals surface area contributed by atoms with Crippen LogP contribution in [-0.2, 0) is 0 Å². The molecule has 5 nitrogen and oxygen atoms in total. The Hall–Kier alpha value is -1.01. The van der Waals surface area contributed by atoms with Gasteiger partial charge in [-0.2, -0.15) is 9.61 Å². The summed E-state index contributed by atoms with van der Waals surface area (Å²) in [5.74, 6) is 2.00. The topological polar surface area (TPSA) is 69.1 Å². The van der Waals surface area contributed by atoms with Crippen molar-refractivity contribution in [1.82, 2.24) is 19.8 Å². The van der Waals surface area contributed by atoms with Crippen molar-refractivity contribution in [2.45, 2.75) is 44.4 Å². The maximum Gasteiger partial charge on any atom is 0.234 e. The summed E-state index contributed by atoms with van der Waals surface area (Å²) in [6.45, 7) is 2.84. The Morgan fingerprint density at radius 1 is 1.47 bits per heavy atom. The number of nitrogens with zero attached hydrogens (tertiary/aromatic N) is 4. The molecule has 0 radical (unpaired) electrons. The van der Waals surface area contributed by atoms with Crippen molar-refractivity contribution in [1.29, 1.82) is 0 Å². The fourth-order valence-corrected chi connectivity index (χ4v) is 3.09. The van der Waals surface area contributed by atoms with Gasteiger partial charge in [-0.3, -0.25) is 0 Å². The van der Waals surface area contributed by atoms with Crippen LogP contribution in [0.1, 0.15) is 55.3 Å². The van der Waals surface area contributed by atoms with Gasteiger partial charge in [0.15, 0.2) is 5.82 Å². The van der Waals surface area contributed by atoms with Gasteiger partial charge in [0.1, 0.15) is 5.01 Å². The van der Waals surface area contributed by atoms with Gasteiger partial charge in [-0.05, 0) is 19.3 Å². The van der Waals surface area contributed by atoms with E-state index in [2.05, 4.69) is 22.2 Å². The van der Waals surface area contributed by atoms with E-state index in [1.54, 1.807) is 11.3 Å². The van der Waals surface area contributed by atoms with E-state index >= 15 is 0 Å². The third-order valence-corrected chi connectivity index (χ3v) is 4.31. The summed E-state index contributed by atoms with van der Waals surface area (Å²) in [5, 5.41) is 14.2. The van der Waals surface area contributed by atoms with Gasteiger partial charge in [0.25, 0.3) is 0 Å². The average Bonchev–Trinajstić information content (AvgIpc) is 2.96. The van der Waals surface area contributed by atoms with E-state index in [0.717, 1.165) is 28.6 Å². The van der Waals surface area contributed by atoms with E-state index in [1.165, 1.54) is 12.8 Å². The van der Waals surface area contributed by atoms with Crippen LogP contribution in [-0.4, -0.2) is 26.4 Å². The van der Waals surface area contributed by atoms with Crippen molar-refractivity contribution in [3.63, 3.8) is 0 Å². The van der Waals surface area contributed by atoms with Crippen LogP contribution in [0.3, 0.4) is 0 Å². The average molecular weight is 251 g/mol. The Morgan fingerprint density at radius 3 is 2.94 bits per heavy atom. The Balaban J connectivity index is 1.95. The van der Waals surface area contributed by atoms with Crippen LogP contribution < -0.4 is 5.73 Å². The molecule has 0 aromatic carbocycles. The van der Waals surface area contributed by atoms with Gasteiger partial charge in [-0.1, -0.05) is 24.7 Å². The molecular weight excluding hydrogens is 234 g/mol. The lowest BCUT2D eigenvalue weighted by Crippen LogP contribution is -2.12. The summed E-state index contributed by atoms with van der Waals surface area (Å²) in [7, 11) is 0. The molecule has 0 amide bonds. The summed E-state index contributed by atoms with van der Waals surface area (Å²) < 4.78 is 1.93. The van der Waals surface area contributed by atoms with Crippen LogP contribution in [0, 0.1) is 0 Å². The third kappa shape index (κ3) is 1.95. The highest BCUT2D eigenvalue weighted by Crippen LogP contribution is 2.39. The zero-order valence-electron chi connectivity index (χ0n) is 9.96. The zero-order valence-corrected chi connectivity index (χ0v) is 10.8. The van der Waals surface area contributed by atoms with Crippen molar-refractivity contribution in [2.24, 2.45) is 5.73 Å². The number of hydrogen-bond donors (Lipinski definition) is 1. The van der Waals surface area contributed by atoms with Crippen LogP contribution in [0.15, 0.2) is 0 Å². The van der Waals surface area contributed by atoms with Crippen molar-refractivity contribution >= 4 is 16.3 Å². The lowest BCUT2D eigenvalue weighted by atomic mass is 10.1. The quantitative estimate of drug-likeness (QED) is 0.881. The van der Waals surface area contributed by atoms with Crippen molar-refractivity contribution in [3.05, 3.63) is 10.8 Å². The first-order valence-corrected chi connectivity index (χ1v) is 7.07. The summed E-state index contributed by atoms with van der Waals surface area (Å²) in [5.41, 5.74) is 5.81. The van der Waals surface area contributed by atoms with Crippen LogP contribution in [0.5, 0.6) is 0 Å². The maximum absolute atomic E-state index is 5.81. The van der Waals surface area contributed by atoms with Crippen molar-refractivity contribution < 1.29 is 0 Å². The number of rotatable bonds is 5. The van der Waals surface area contributed by atoms with E-state index in [4.69, 9.17) is 5.73 Å². The van der Waals surface area contributed by atoms with E-state index in [1.807, 2.05) is 4.52 Å². The minimum Gasteiger partial charge on any atom is -0.330 e. The van der Waals surface area contributed by atoms with Crippen molar-refractivity contribution in [2.75, 3.05) is 6.54 Å². The van der Waals surface area contributed by atoms with E-state index in [0.29, 0.717) is 18.4 Å². The van der Waals surface area contributed by atoms with Gasteiger partial charge in [0.2, 0.25) is 4.96 Å². The first-order chi connectivity index (χ1) is 8.33. The molecule has 1 atom stereocenters. The molecule has 1 fully saturated rings. The monoisotopic (exact) mass is 251 g/mol. The minimum atomic E-state index is 0.374. The second-order valence-electron chi connectivity index (χ2n) is 4.69. The maximum atomic E-state index is 5.81. The molecule has 1 saturated carbocycles. The Bertz CT molecular complexity index is 513. The number of fused-ring (bicyclic) bond motifs is 1. The highest BCUT2D eigenvalue weighted by Gasteiger charge is 2.30. The molecule has 0 aliphatic heterocycles. The van der Waals surface area contributed by atoms with Crippen LogP contribution in [0.4, 0.5) is 0 Å². The highest BCUT2D eigenvalue weighted by molar-refractivity contribution is 7.16. The van der Waals surface area contributed by atoms with Gasteiger partial charge in [-0.15, -0.1) is 10.2 Å². The molecule has 2 aromatic heterocycles. The van der Waals surface area contributed by atoms with Gasteiger partial charge < -0.3 is 5.73 Å². The molecular formula is C11H17N5S. The van der Waals surface area contributed by atoms with E-state index < -0.39 is 0 Å². The molecule has 3 rings (SSSR count). The summed E-state index contributed by atoms with van der Waals surface area (Å²) >= 11 is 1.63. The Kier molecular flexibility index (Phi) is 2.84. The van der Waals surface area contributed by atoms with Crippen LogP contribution in [0.25, 0.3) is 4.96 Å². The number of aromatic nitrogens is 4. The van der Waals surface area contributed by atoms with Crippen LogP contribution >= 0.6 is 11.3 Å². The first kappa shape index (κ1) is 11.1. The molecule has 0 spiro atoms. The molecule has 2 heterocycles. The fraction of sp³-hybridized carbons (Fsp3) is 0.727.